The Bertz CT molecular complexity index is 937. The van der Waals surface area contributed by atoms with E-state index in [1.807, 2.05) is 56.0 Å². The van der Waals surface area contributed by atoms with Crippen LogP contribution in [0.4, 0.5) is 11.6 Å². The van der Waals surface area contributed by atoms with E-state index < -0.39 is 5.92 Å². The lowest BCUT2D eigenvalue weighted by Crippen LogP contribution is -2.26. The number of anilines is 2. The number of aromatic nitrogens is 1. The van der Waals surface area contributed by atoms with Crippen LogP contribution in [-0.2, 0) is 6.42 Å². The predicted octanol–water partition coefficient (Wildman–Crippen LogP) is 3.41. The zero-order valence-corrected chi connectivity index (χ0v) is 15.8. The van der Waals surface area contributed by atoms with Crippen LogP contribution < -0.4 is 10.6 Å². The molecule has 6 nitrogen and oxygen atoms in total. The van der Waals surface area contributed by atoms with E-state index in [0.29, 0.717) is 30.9 Å². The molecule has 27 heavy (non-hydrogen) atoms. The van der Waals surface area contributed by atoms with Crippen LogP contribution in [0.15, 0.2) is 24.3 Å². The first-order chi connectivity index (χ1) is 13.0. The fraction of sp³-hybridized carbons (Fsp3) is 0.333. The Labute approximate surface area is 160 Å². The molecular weight excluding hydrogens is 336 g/mol. The maximum Gasteiger partial charge on any atom is 0.149 e. The molecule has 2 aromatic rings. The summed E-state index contributed by atoms with van der Waals surface area (Å²) >= 11 is 0. The zero-order valence-electron chi connectivity index (χ0n) is 15.8. The highest BCUT2D eigenvalue weighted by molar-refractivity contribution is 5.70. The quantitative estimate of drug-likeness (QED) is 0.846. The molecular formula is C21H22N6. The van der Waals surface area contributed by atoms with Gasteiger partial charge in [0, 0.05) is 18.7 Å². The summed E-state index contributed by atoms with van der Waals surface area (Å²) < 4.78 is 0. The molecule has 6 heteroatoms. The van der Waals surface area contributed by atoms with Crippen molar-refractivity contribution in [3.05, 3.63) is 52.1 Å². The summed E-state index contributed by atoms with van der Waals surface area (Å²) in [7, 11) is 0. The number of benzene rings is 1. The van der Waals surface area contributed by atoms with Crippen molar-refractivity contribution >= 4 is 11.6 Å². The standard InChI is InChI=1S/C21H22N6/c1-4-27(5-2)21-18(13-24)19(17(12-23)20(25)26-21)16(11-22)10-15-8-6-14(3)7-9-15/h6-9,16H,4-5,10H2,1-3H3,(H2,25,26)/t16-/m1/s1. The Balaban J connectivity index is 2.67. The van der Waals surface area contributed by atoms with Crippen LogP contribution in [-0.4, -0.2) is 18.1 Å². The van der Waals surface area contributed by atoms with E-state index >= 15 is 0 Å². The largest absolute Gasteiger partial charge is 0.383 e. The third-order valence-electron chi connectivity index (χ3n) is 4.60. The van der Waals surface area contributed by atoms with E-state index in [-0.39, 0.29) is 16.9 Å². The van der Waals surface area contributed by atoms with E-state index in [1.54, 1.807) is 0 Å². The number of nitriles is 3. The fourth-order valence-electron chi connectivity index (χ4n) is 3.11. The van der Waals surface area contributed by atoms with Gasteiger partial charge in [-0.1, -0.05) is 29.8 Å². The number of hydrogen-bond acceptors (Lipinski definition) is 6. The predicted molar refractivity (Wildman–Crippen MR) is 105 cm³/mol. The van der Waals surface area contributed by atoms with E-state index in [4.69, 9.17) is 5.73 Å². The van der Waals surface area contributed by atoms with Gasteiger partial charge in [-0.3, -0.25) is 0 Å². The molecule has 0 spiro atoms. The van der Waals surface area contributed by atoms with Gasteiger partial charge in [0.2, 0.25) is 0 Å². The van der Waals surface area contributed by atoms with Crippen LogP contribution >= 0.6 is 0 Å². The molecule has 1 atom stereocenters. The van der Waals surface area contributed by atoms with Crippen molar-refractivity contribution in [1.29, 1.82) is 15.8 Å². The third-order valence-corrected chi connectivity index (χ3v) is 4.60. The minimum Gasteiger partial charge on any atom is -0.383 e. The van der Waals surface area contributed by atoms with Crippen molar-refractivity contribution in [3.8, 4) is 18.2 Å². The Morgan fingerprint density at radius 2 is 1.63 bits per heavy atom. The lowest BCUT2D eigenvalue weighted by molar-refractivity contribution is 0.816. The van der Waals surface area contributed by atoms with Crippen LogP contribution in [0.2, 0.25) is 0 Å². The molecule has 0 fully saturated rings. The SMILES string of the molecule is CCN(CC)c1nc(N)c(C#N)c([C@@H](C#N)Cc2ccc(C)cc2)c1C#N. The molecule has 0 bridgehead atoms. The summed E-state index contributed by atoms with van der Waals surface area (Å²) in [5, 5.41) is 29.3. The van der Waals surface area contributed by atoms with Gasteiger partial charge in [-0.25, -0.2) is 4.98 Å². The van der Waals surface area contributed by atoms with Crippen molar-refractivity contribution in [1.82, 2.24) is 4.98 Å². The first-order valence-electron chi connectivity index (χ1n) is 8.84. The van der Waals surface area contributed by atoms with Gasteiger partial charge in [-0.15, -0.1) is 0 Å². The second-order valence-electron chi connectivity index (χ2n) is 6.25. The molecule has 0 unspecified atom stereocenters. The second-order valence-corrected chi connectivity index (χ2v) is 6.25. The van der Waals surface area contributed by atoms with Gasteiger partial charge >= 0.3 is 0 Å². The number of pyridine rings is 1. The summed E-state index contributed by atoms with van der Waals surface area (Å²) in [5.41, 5.74) is 8.85. The van der Waals surface area contributed by atoms with Gasteiger partial charge in [-0.2, -0.15) is 15.8 Å². The molecule has 2 N–H and O–H groups in total. The highest BCUT2D eigenvalue weighted by Gasteiger charge is 2.27. The fourth-order valence-corrected chi connectivity index (χ4v) is 3.11. The van der Waals surface area contributed by atoms with Crippen molar-refractivity contribution in [2.24, 2.45) is 0 Å². The van der Waals surface area contributed by atoms with E-state index in [2.05, 4.69) is 17.1 Å². The van der Waals surface area contributed by atoms with Crippen LogP contribution in [0.3, 0.4) is 0 Å². The lowest BCUT2D eigenvalue weighted by Gasteiger charge is -2.24. The molecule has 0 amide bonds. The Hall–Kier alpha value is -3.56. The maximum absolute atomic E-state index is 9.83. The Morgan fingerprint density at radius 3 is 2.11 bits per heavy atom. The van der Waals surface area contributed by atoms with Gasteiger partial charge in [0.05, 0.1) is 12.0 Å². The molecule has 0 aliphatic carbocycles. The van der Waals surface area contributed by atoms with E-state index in [0.717, 1.165) is 11.1 Å². The summed E-state index contributed by atoms with van der Waals surface area (Å²) in [5.74, 6) is -0.188. The number of nitrogen functional groups attached to an aromatic ring is 1. The van der Waals surface area contributed by atoms with Gasteiger partial charge in [0.25, 0.3) is 0 Å². The molecule has 1 aromatic carbocycles. The van der Waals surface area contributed by atoms with Gasteiger partial charge in [0.1, 0.15) is 34.9 Å². The zero-order chi connectivity index (χ0) is 20.0. The minimum absolute atomic E-state index is 0.0533. The van der Waals surface area contributed by atoms with Gasteiger partial charge in [0.15, 0.2) is 0 Å². The molecule has 2 rings (SSSR count). The molecule has 136 valence electrons. The number of rotatable bonds is 6. The van der Waals surface area contributed by atoms with Crippen LogP contribution in [0.1, 0.15) is 47.6 Å². The number of aryl methyl sites for hydroxylation is 1. The molecule has 0 saturated heterocycles. The normalized spacial score (nSPS) is 11.1. The topological polar surface area (TPSA) is 114 Å². The molecule has 0 radical (unpaired) electrons. The van der Waals surface area contributed by atoms with E-state index in [1.165, 1.54) is 0 Å². The molecule has 1 aromatic heterocycles. The average molecular weight is 358 g/mol. The minimum atomic E-state index is -0.670. The lowest BCUT2D eigenvalue weighted by atomic mass is 9.87. The van der Waals surface area contributed by atoms with Crippen molar-refractivity contribution in [2.45, 2.75) is 33.1 Å². The molecule has 1 heterocycles. The number of hydrogen-bond donors (Lipinski definition) is 1. The van der Waals surface area contributed by atoms with Crippen LogP contribution in [0.25, 0.3) is 0 Å². The monoisotopic (exact) mass is 358 g/mol. The smallest absolute Gasteiger partial charge is 0.149 e. The first kappa shape index (κ1) is 19.8. The van der Waals surface area contributed by atoms with Gasteiger partial charge in [-0.05, 0) is 32.8 Å². The first-order valence-corrected chi connectivity index (χ1v) is 8.84. The number of nitrogens with zero attached hydrogens (tertiary/aromatic N) is 5. The second kappa shape index (κ2) is 8.70. The number of nitrogens with two attached hydrogens (primary N) is 1. The van der Waals surface area contributed by atoms with Crippen molar-refractivity contribution in [2.75, 3.05) is 23.7 Å². The maximum atomic E-state index is 9.83. The molecule has 0 aliphatic rings. The Morgan fingerprint density at radius 1 is 1.04 bits per heavy atom. The van der Waals surface area contributed by atoms with Crippen molar-refractivity contribution in [3.63, 3.8) is 0 Å². The third kappa shape index (κ3) is 4.00. The van der Waals surface area contributed by atoms with E-state index in [9.17, 15) is 15.8 Å². The Kier molecular flexibility index (Phi) is 6.36. The van der Waals surface area contributed by atoms with Gasteiger partial charge < -0.3 is 10.6 Å². The van der Waals surface area contributed by atoms with Crippen LogP contribution in [0.5, 0.6) is 0 Å². The summed E-state index contributed by atoms with van der Waals surface area (Å²) in [4.78, 5) is 6.20. The van der Waals surface area contributed by atoms with Crippen LogP contribution in [0, 0.1) is 40.9 Å². The highest BCUT2D eigenvalue weighted by Crippen LogP contribution is 2.34. The molecule has 0 saturated carbocycles. The summed E-state index contributed by atoms with van der Waals surface area (Å²) in [6.07, 6.45) is 0.390. The average Bonchev–Trinajstić information content (AvgIpc) is 2.68. The van der Waals surface area contributed by atoms with Crippen molar-refractivity contribution < 1.29 is 0 Å². The molecule has 0 aliphatic heterocycles. The summed E-state index contributed by atoms with van der Waals surface area (Å²) in [6, 6.07) is 14.3. The summed E-state index contributed by atoms with van der Waals surface area (Å²) in [6.45, 7) is 7.17. The highest BCUT2D eigenvalue weighted by atomic mass is 15.2.